The fourth-order valence-corrected chi connectivity index (χ4v) is 16.0. The predicted molar refractivity (Wildman–Crippen MR) is 461 cm³/mol. The molecule has 660 valence electrons. The van der Waals surface area contributed by atoms with Gasteiger partial charge in [-0.15, -0.1) is 17.6 Å². The van der Waals surface area contributed by atoms with Crippen LogP contribution in [-0.2, 0) is 26.2 Å². The molecule has 0 spiro atoms. The number of aromatic nitrogens is 1. The van der Waals surface area contributed by atoms with Crippen LogP contribution in [0, 0.1) is 0 Å². The number of methoxy groups -OCH3 is 9. The molecule has 4 atom stereocenters. The van der Waals surface area contributed by atoms with Crippen molar-refractivity contribution in [3.63, 3.8) is 0 Å². The number of anilines is 4. The number of alkyl halides is 4. The highest BCUT2D eigenvalue weighted by Crippen LogP contribution is 2.56. The first-order valence-electron chi connectivity index (χ1n) is 40.0. The largest absolute Gasteiger partial charge is 0.586 e. The number of hydrogen-bond donors (Lipinski definition) is 5. The molecule has 8 heterocycles. The topological polar surface area (TPSA) is 321 Å². The summed E-state index contributed by atoms with van der Waals surface area (Å²) < 4.78 is 144. The maximum absolute atomic E-state index is 13.3. The number of hydrogen-bond acceptors (Lipinski definition) is 23. The van der Waals surface area contributed by atoms with Crippen molar-refractivity contribution >= 4 is 57.3 Å². The SMILES string of the molecule is CCN.CCOc1ccccc1-c1cc(=O)n(C)c2cc3c(cc12)OCO3.CCOc1ccccc1C1CC(=O)Nc2cc(OC)c(OC)c(OC)c21.COc1ccc(C2CC(=O)Nc3cc4c(cc32)OC(F)(F)O4)cc1.COc1ccccc1C1CC(=O)Nc2cc(OC)c(OC)c(OC)c21.COc1ccccc1C1CC(=O)Nc2cc3c(cc21)OC(F)(F)O3. The third kappa shape index (κ3) is 18.9. The molecule has 11 aromatic rings. The summed E-state index contributed by atoms with van der Waals surface area (Å²) in [6.45, 7) is 7.84. The number of amides is 4. The van der Waals surface area contributed by atoms with Gasteiger partial charge in [0.15, 0.2) is 57.5 Å². The van der Waals surface area contributed by atoms with Crippen molar-refractivity contribution in [2.24, 2.45) is 12.8 Å². The fourth-order valence-electron chi connectivity index (χ4n) is 16.0. The van der Waals surface area contributed by atoms with E-state index in [9.17, 15) is 41.5 Å². The second-order valence-electron chi connectivity index (χ2n) is 28.8. The van der Waals surface area contributed by atoms with E-state index in [2.05, 4.69) is 40.2 Å². The summed E-state index contributed by atoms with van der Waals surface area (Å²) in [5, 5.41) is 12.1. The Balaban J connectivity index is 0.000000134. The molecule has 4 unspecified atom stereocenters. The van der Waals surface area contributed by atoms with Gasteiger partial charge in [-0.1, -0.05) is 91.9 Å². The molecule has 7 aliphatic rings. The van der Waals surface area contributed by atoms with Crippen molar-refractivity contribution in [3.05, 3.63) is 231 Å². The normalized spacial score (nSPS) is 16.7. The molecule has 4 amide bonds. The molecule has 18 rings (SSSR count). The molecule has 7 aliphatic heterocycles. The van der Waals surface area contributed by atoms with Gasteiger partial charge in [-0.05, 0) is 91.7 Å². The standard InChI is InChI=1S/C20H23NO5.C19H21NO5.C19H17NO4.2C17H13F2NO4.C2H7N/c1-5-26-15-9-7-6-8-12(15)13-10-17(22)21-14-11-16(23-2)19(24-3)20(25-4)18(13)14;1-22-14-8-6-5-7-11(14)12-9-16(21)20-13-10-15(23-2)18(24-3)19(25-4)17(12)13;1-3-22-16-7-5-4-6-12(16)13-9-19(21)20(2)15-10-18-17(8-14(13)15)23-11-24-18;1-22-10-4-2-9(3-5-10)11-7-16(21)20-13-8-15-14(6-12(11)13)23-17(18,19)24-15;1-22-13-5-3-2-4-9(13)10-7-16(21)20-12-8-15-14(6-11(10)12)23-17(18,19)24-15;1-2-3/h6-9,11,13H,5,10H2,1-4H3,(H,21,22);5-8,10,12H,9H2,1-4H3,(H,20,21);4-10H,3,11H2,1-2H3;2-6,8,11H,7H2,1H3,(H,20,21);2-6,8,10H,7H2,1H3,(H,20,21);2-3H2,1H3. The number of benzene rings is 10. The summed E-state index contributed by atoms with van der Waals surface area (Å²) in [5.74, 6) is 6.22. The van der Waals surface area contributed by atoms with Crippen LogP contribution in [0.1, 0.15) is 115 Å². The summed E-state index contributed by atoms with van der Waals surface area (Å²) in [6.07, 6.45) is -6.40. The van der Waals surface area contributed by atoms with Crippen molar-refractivity contribution in [2.45, 2.75) is 82.7 Å². The van der Waals surface area contributed by atoms with Crippen LogP contribution in [0.5, 0.6) is 97.7 Å². The molecule has 0 saturated heterocycles. The van der Waals surface area contributed by atoms with Crippen LogP contribution in [0.2, 0.25) is 0 Å². The van der Waals surface area contributed by atoms with Gasteiger partial charge in [-0.2, -0.15) is 0 Å². The lowest BCUT2D eigenvalue weighted by Gasteiger charge is -2.30. The third-order valence-corrected chi connectivity index (χ3v) is 21.3. The van der Waals surface area contributed by atoms with Crippen molar-refractivity contribution in [3.8, 4) is 109 Å². The quantitative estimate of drug-likeness (QED) is 0.0498. The molecule has 0 fully saturated rings. The summed E-state index contributed by atoms with van der Waals surface area (Å²) in [4.78, 5) is 61.2. The number of pyridine rings is 1. The van der Waals surface area contributed by atoms with Crippen molar-refractivity contribution in [2.75, 3.05) is 112 Å². The van der Waals surface area contributed by atoms with Crippen LogP contribution < -0.4 is 113 Å². The number of aryl methyl sites for hydroxylation is 1. The Bertz CT molecular complexity index is 5950. The van der Waals surface area contributed by atoms with E-state index in [1.165, 1.54) is 24.3 Å². The van der Waals surface area contributed by atoms with Gasteiger partial charge < -0.3 is 112 Å². The second-order valence-corrected chi connectivity index (χ2v) is 28.8. The minimum absolute atomic E-state index is 0.0339. The first kappa shape index (κ1) is 89.3. The first-order chi connectivity index (χ1) is 60.8. The number of ether oxygens (including phenoxy) is 17. The van der Waals surface area contributed by atoms with Crippen molar-refractivity contribution < 1.29 is 117 Å². The van der Waals surface area contributed by atoms with Gasteiger partial charge in [0.1, 0.15) is 28.7 Å². The zero-order chi connectivity index (χ0) is 89.8. The number of rotatable bonds is 18. The number of carbonyl (C=O) groups excluding carboxylic acids is 4. The number of para-hydroxylation sites is 4. The Labute approximate surface area is 722 Å². The molecule has 32 heteroatoms. The lowest BCUT2D eigenvalue weighted by Crippen LogP contribution is -2.25. The first-order valence-corrected chi connectivity index (χ1v) is 40.0. The summed E-state index contributed by atoms with van der Waals surface area (Å²) >= 11 is 0. The van der Waals surface area contributed by atoms with Crippen molar-refractivity contribution in [1.29, 1.82) is 0 Å². The summed E-state index contributed by atoms with van der Waals surface area (Å²) in [6, 6.07) is 52.4. The monoisotopic (exact) mass is 1730 g/mol. The Hall–Kier alpha value is -14.4. The molecule has 6 N–H and O–H groups in total. The smallest absolute Gasteiger partial charge is 0.497 e. The predicted octanol–water partition coefficient (Wildman–Crippen LogP) is 17.1. The van der Waals surface area contributed by atoms with Crippen LogP contribution in [0.25, 0.3) is 22.0 Å². The highest BCUT2D eigenvalue weighted by Gasteiger charge is 2.47. The number of carbonyl (C=O) groups is 4. The molecule has 28 nitrogen and oxygen atoms in total. The van der Waals surface area contributed by atoms with E-state index in [-0.39, 0.29) is 95.5 Å². The van der Waals surface area contributed by atoms with Crippen LogP contribution in [0.15, 0.2) is 181 Å². The summed E-state index contributed by atoms with van der Waals surface area (Å²) in [7, 11) is 15.9. The van der Waals surface area contributed by atoms with E-state index in [0.29, 0.717) is 117 Å². The molecule has 0 aliphatic carbocycles. The van der Waals surface area contributed by atoms with Crippen molar-refractivity contribution in [1.82, 2.24) is 4.57 Å². The molecule has 0 radical (unpaired) electrons. The second kappa shape index (κ2) is 39.0. The minimum Gasteiger partial charge on any atom is -0.497 e. The van der Waals surface area contributed by atoms with Gasteiger partial charge in [0, 0.05) is 149 Å². The zero-order valence-corrected chi connectivity index (χ0v) is 71.2. The Morgan fingerprint density at radius 3 is 1.21 bits per heavy atom. The number of fused-ring (bicyclic) bond motifs is 8. The average molecular weight is 1740 g/mol. The van der Waals surface area contributed by atoms with Gasteiger partial charge >= 0.3 is 12.6 Å². The van der Waals surface area contributed by atoms with E-state index in [1.807, 2.05) is 136 Å². The lowest BCUT2D eigenvalue weighted by atomic mass is 9.83. The van der Waals surface area contributed by atoms with Gasteiger partial charge in [-0.3, -0.25) is 24.0 Å². The van der Waals surface area contributed by atoms with Gasteiger partial charge in [0.25, 0.3) is 5.56 Å². The Morgan fingerprint density at radius 1 is 0.381 bits per heavy atom. The highest BCUT2D eigenvalue weighted by molar-refractivity contribution is 6.01. The van der Waals surface area contributed by atoms with Gasteiger partial charge in [0.05, 0.1) is 94.1 Å². The molecule has 0 saturated carbocycles. The maximum Gasteiger partial charge on any atom is 0.586 e. The van der Waals surface area contributed by atoms with E-state index in [0.717, 1.165) is 79.2 Å². The molecule has 0 bridgehead atoms. The minimum atomic E-state index is -3.70. The fraction of sp³-hybridized carbons (Fsp3) is 0.287. The highest BCUT2D eigenvalue weighted by atomic mass is 19.3. The van der Waals surface area contributed by atoms with Crippen LogP contribution in [0.3, 0.4) is 0 Å². The molecule has 1 aromatic heterocycles. The maximum atomic E-state index is 13.3. The third-order valence-electron chi connectivity index (χ3n) is 21.3. The van der Waals surface area contributed by atoms with Crippen LogP contribution >= 0.6 is 0 Å². The zero-order valence-electron chi connectivity index (χ0n) is 71.2. The Kier molecular flexibility index (Phi) is 27.6. The Morgan fingerprint density at radius 2 is 0.762 bits per heavy atom. The molecule has 10 aromatic carbocycles. The van der Waals surface area contributed by atoms with E-state index in [1.54, 1.807) is 112 Å². The molecule has 126 heavy (non-hydrogen) atoms. The van der Waals surface area contributed by atoms with Gasteiger partial charge in [0.2, 0.25) is 41.9 Å². The van der Waals surface area contributed by atoms with E-state index >= 15 is 0 Å². The summed E-state index contributed by atoms with van der Waals surface area (Å²) in [5.41, 5.74) is 16.1. The van der Waals surface area contributed by atoms with Gasteiger partial charge in [-0.25, -0.2) is 0 Å². The number of nitrogens with zero attached hydrogens (tertiary/aromatic N) is 1. The number of halogens is 4. The average Bonchev–Trinajstić information content (AvgIpc) is 1.08. The molecular weight excluding hydrogens is 1640 g/mol. The molecular formula is C94H94F4N6O22. The van der Waals surface area contributed by atoms with E-state index in [4.69, 9.17) is 67.3 Å². The van der Waals surface area contributed by atoms with Crippen LogP contribution in [0.4, 0.5) is 40.3 Å². The number of nitrogens with one attached hydrogen (secondary N) is 4. The van der Waals surface area contributed by atoms with Crippen LogP contribution in [-0.4, -0.2) is 131 Å². The number of nitrogens with two attached hydrogens (primary N) is 1. The van der Waals surface area contributed by atoms with E-state index < -0.39 is 12.6 Å². The lowest BCUT2D eigenvalue weighted by molar-refractivity contribution is -0.287.